The van der Waals surface area contributed by atoms with E-state index in [2.05, 4.69) is 4.90 Å². The summed E-state index contributed by atoms with van der Waals surface area (Å²) in [6.07, 6.45) is 1.62. The molecule has 0 spiro atoms. The molecule has 2 N–H and O–H groups in total. The fourth-order valence-corrected chi connectivity index (χ4v) is 3.23. The molecule has 0 radical (unpaired) electrons. The highest BCUT2D eigenvalue weighted by Crippen LogP contribution is 2.34. The summed E-state index contributed by atoms with van der Waals surface area (Å²) in [4.78, 5) is 15.8. The monoisotopic (exact) mass is 265 g/mol. The van der Waals surface area contributed by atoms with Crippen molar-refractivity contribution in [1.29, 1.82) is 0 Å². The number of hydrogen-bond acceptors (Lipinski definition) is 3. The van der Waals surface area contributed by atoms with Gasteiger partial charge in [0.2, 0.25) is 5.91 Å². The molecule has 2 saturated heterocycles. The van der Waals surface area contributed by atoms with E-state index in [9.17, 15) is 4.79 Å². The zero-order chi connectivity index (χ0) is 12.7. The Hall–Kier alpha value is -1.42. The number of nitrogens with zero attached hydrogens (tertiary/aromatic N) is 2. The van der Waals surface area contributed by atoms with Gasteiger partial charge in [0.25, 0.3) is 0 Å². The number of nitrogens with two attached hydrogens (primary N) is 1. The van der Waals surface area contributed by atoms with Gasteiger partial charge in [-0.25, -0.2) is 0 Å². The molecule has 5 heteroatoms. The van der Waals surface area contributed by atoms with Gasteiger partial charge in [-0.05, 0) is 18.6 Å². The highest BCUT2D eigenvalue weighted by atomic mass is 35.5. The number of amides is 1. The van der Waals surface area contributed by atoms with Crippen LogP contribution in [0.3, 0.4) is 0 Å². The number of hydrogen-bond donors (Lipinski definition) is 1. The van der Waals surface area contributed by atoms with Crippen molar-refractivity contribution in [3.63, 3.8) is 0 Å². The first-order valence-electron chi connectivity index (χ1n) is 6.25. The molecule has 0 saturated carbocycles. The third-order valence-electron chi connectivity index (χ3n) is 3.83. The van der Waals surface area contributed by atoms with E-state index in [4.69, 9.17) is 17.3 Å². The van der Waals surface area contributed by atoms with Crippen molar-refractivity contribution in [2.45, 2.75) is 18.9 Å². The van der Waals surface area contributed by atoms with Gasteiger partial charge in [0.1, 0.15) is 0 Å². The van der Waals surface area contributed by atoms with Crippen LogP contribution in [0.1, 0.15) is 12.8 Å². The number of fused-ring (bicyclic) bond motifs is 1. The van der Waals surface area contributed by atoms with Crippen LogP contribution >= 0.6 is 11.6 Å². The summed E-state index contributed by atoms with van der Waals surface area (Å²) in [7, 11) is 0. The van der Waals surface area contributed by atoms with Crippen LogP contribution in [0.5, 0.6) is 0 Å². The third-order valence-corrected chi connectivity index (χ3v) is 4.13. The molecule has 1 amide bonds. The summed E-state index contributed by atoms with van der Waals surface area (Å²) in [5.41, 5.74) is 7.63. The molecule has 2 heterocycles. The molecular weight excluding hydrogens is 250 g/mol. The number of carbonyl (C=O) groups excluding carboxylic acids is 1. The maximum Gasteiger partial charge on any atom is 0.223 e. The Bertz CT molecular complexity index is 471. The Morgan fingerprint density at radius 1 is 1.33 bits per heavy atom. The molecule has 1 aromatic carbocycles. The quantitative estimate of drug-likeness (QED) is 0.787. The lowest BCUT2D eigenvalue weighted by molar-refractivity contribution is -0.129. The lowest BCUT2D eigenvalue weighted by atomic mass is 10.1. The summed E-state index contributed by atoms with van der Waals surface area (Å²) in [6, 6.07) is 5.91. The molecule has 4 nitrogen and oxygen atoms in total. The average molecular weight is 266 g/mol. The number of para-hydroxylation sites is 1. The zero-order valence-corrected chi connectivity index (χ0v) is 10.9. The van der Waals surface area contributed by atoms with Crippen molar-refractivity contribution in [2.24, 2.45) is 0 Å². The van der Waals surface area contributed by atoms with Crippen LogP contribution in [0.2, 0.25) is 5.02 Å². The van der Waals surface area contributed by atoms with Gasteiger partial charge in [-0.2, -0.15) is 0 Å². The van der Waals surface area contributed by atoms with E-state index in [0.29, 0.717) is 23.2 Å². The Morgan fingerprint density at radius 3 is 2.94 bits per heavy atom. The summed E-state index contributed by atoms with van der Waals surface area (Å²) in [6.45, 7) is 2.41. The molecule has 0 aliphatic carbocycles. The Morgan fingerprint density at radius 2 is 2.17 bits per heavy atom. The van der Waals surface area contributed by atoms with Crippen LogP contribution in [0.4, 0.5) is 11.4 Å². The van der Waals surface area contributed by atoms with Crippen LogP contribution < -0.4 is 10.6 Å². The standard InChI is InChI=1S/C13H16ClN3O/c14-10-2-1-3-11(15)13(10)16-6-7-17-9(8-16)4-5-12(17)18/h1-3,9H,4-8,15H2. The maximum absolute atomic E-state index is 11.6. The molecule has 96 valence electrons. The highest BCUT2D eigenvalue weighted by Gasteiger charge is 2.36. The number of halogens is 1. The van der Waals surface area contributed by atoms with Crippen molar-refractivity contribution in [2.75, 3.05) is 30.3 Å². The number of anilines is 2. The SMILES string of the molecule is Nc1cccc(Cl)c1N1CCN2C(=O)CCC2C1. The smallest absolute Gasteiger partial charge is 0.223 e. The van der Waals surface area contributed by atoms with E-state index in [-0.39, 0.29) is 5.91 Å². The fraction of sp³-hybridized carbons (Fsp3) is 0.462. The first-order chi connectivity index (χ1) is 8.66. The molecule has 1 atom stereocenters. The minimum Gasteiger partial charge on any atom is -0.397 e. The fourth-order valence-electron chi connectivity index (χ4n) is 2.93. The predicted molar refractivity (Wildman–Crippen MR) is 72.8 cm³/mol. The molecule has 2 fully saturated rings. The van der Waals surface area contributed by atoms with Crippen LogP contribution in [0, 0.1) is 0 Å². The molecular formula is C13H16ClN3O. The second-order valence-corrected chi connectivity index (χ2v) is 5.31. The molecule has 1 aromatic rings. The van der Waals surface area contributed by atoms with Gasteiger partial charge in [0.05, 0.1) is 16.4 Å². The van der Waals surface area contributed by atoms with Crippen LogP contribution in [-0.2, 0) is 4.79 Å². The van der Waals surface area contributed by atoms with Crippen LogP contribution in [0.15, 0.2) is 18.2 Å². The number of nitrogen functional groups attached to an aromatic ring is 1. The van der Waals surface area contributed by atoms with Gasteiger partial charge in [0.15, 0.2) is 0 Å². The molecule has 2 aliphatic heterocycles. The van der Waals surface area contributed by atoms with E-state index in [1.807, 2.05) is 23.1 Å². The molecule has 0 bridgehead atoms. The van der Waals surface area contributed by atoms with Gasteiger partial charge in [-0.3, -0.25) is 4.79 Å². The van der Waals surface area contributed by atoms with Crippen LogP contribution in [-0.4, -0.2) is 36.5 Å². The van der Waals surface area contributed by atoms with Gasteiger partial charge >= 0.3 is 0 Å². The van der Waals surface area contributed by atoms with E-state index < -0.39 is 0 Å². The minimum atomic E-state index is 0.284. The van der Waals surface area contributed by atoms with Gasteiger partial charge < -0.3 is 15.5 Å². The lowest BCUT2D eigenvalue weighted by Gasteiger charge is -2.39. The van der Waals surface area contributed by atoms with E-state index in [0.717, 1.165) is 31.7 Å². The summed E-state index contributed by atoms with van der Waals surface area (Å²) >= 11 is 6.23. The topological polar surface area (TPSA) is 49.6 Å². The maximum atomic E-state index is 11.6. The van der Waals surface area contributed by atoms with Crippen molar-refractivity contribution in [1.82, 2.24) is 4.90 Å². The van der Waals surface area contributed by atoms with Crippen molar-refractivity contribution >= 4 is 28.9 Å². The molecule has 18 heavy (non-hydrogen) atoms. The summed E-state index contributed by atoms with van der Waals surface area (Å²) in [5.74, 6) is 0.284. The lowest BCUT2D eigenvalue weighted by Crippen LogP contribution is -2.51. The predicted octanol–water partition coefficient (Wildman–Crippen LogP) is 1.73. The van der Waals surface area contributed by atoms with Crippen LogP contribution in [0.25, 0.3) is 0 Å². The molecule has 2 aliphatic rings. The highest BCUT2D eigenvalue weighted by molar-refractivity contribution is 6.34. The van der Waals surface area contributed by atoms with E-state index >= 15 is 0 Å². The largest absolute Gasteiger partial charge is 0.397 e. The third kappa shape index (κ3) is 1.81. The van der Waals surface area contributed by atoms with Gasteiger partial charge in [-0.15, -0.1) is 0 Å². The number of carbonyl (C=O) groups is 1. The average Bonchev–Trinajstić information content (AvgIpc) is 2.71. The first kappa shape index (κ1) is 11.7. The Balaban J connectivity index is 1.85. The second-order valence-electron chi connectivity index (χ2n) is 4.90. The Kier molecular flexibility index (Phi) is 2.82. The molecule has 0 aromatic heterocycles. The summed E-state index contributed by atoms with van der Waals surface area (Å²) < 4.78 is 0. The Labute approximate surface area is 111 Å². The number of rotatable bonds is 1. The van der Waals surface area contributed by atoms with E-state index in [1.165, 1.54) is 0 Å². The van der Waals surface area contributed by atoms with Crippen molar-refractivity contribution < 1.29 is 4.79 Å². The van der Waals surface area contributed by atoms with Crippen molar-refractivity contribution in [3.05, 3.63) is 23.2 Å². The summed E-state index contributed by atoms with van der Waals surface area (Å²) in [5, 5.41) is 0.688. The molecule has 3 rings (SSSR count). The normalized spacial score (nSPS) is 23.4. The second kappa shape index (κ2) is 4.35. The number of benzene rings is 1. The molecule has 1 unspecified atom stereocenters. The zero-order valence-electron chi connectivity index (χ0n) is 10.1. The first-order valence-corrected chi connectivity index (χ1v) is 6.63. The van der Waals surface area contributed by atoms with Gasteiger partial charge in [0, 0.05) is 32.1 Å². The van der Waals surface area contributed by atoms with Crippen molar-refractivity contribution in [3.8, 4) is 0 Å². The van der Waals surface area contributed by atoms with Gasteiger partial charge in [-0.1, -0.05) is 17.7 Å². The minimum absolute atomic E-state index is 0.284. The number of piperazine rings is 1. The van der Waals surface area contributed by atoms with E-state index in [1.54, 1.807) is 0 Å².